The highest BCUT2D eigenvalue weighted by Crippen LogP contribution is 2.45. The summed E-state index contributed by atoms with van der Waals surface area (Å²) in [5.41, 5.74) is 1.26. The zero-order valence-corrected chi connectivity index (χ0v) is 17.6. The lowest BCUT2D eigenvalue weighted by molar-refractivity contribution is 0.0867. The molecule has 1 saturated carbocycles. The average molecular weight is 424 g/mol. The molecule has 0 saturated heterocycles. The van der Waals surface area contributed by atoms with Gasteiger partial charge in [-0.2, -0.15) is 0 Å². The Bertz CT molecular complexity index is 969. The molecular formula is C24H28N2O5. The van der Waals surface area contributed by atoms with Gasteiger partial charge in [-0.3, -0.25) is 9.59 Å². The van der Waals surface area contributed by atoms with Gasteiger partial charge >= 0.3 is 0 Å². The van der Waals surface area contributed by atoms with E-state index in [9.17, 15) is 19.8 Å². The molecule has 4 rings (SSSR count). The van der Waals surface area contributed by atoms with E-state index in [-0.39, 0.29) is 42.7 Å². The molecule has 1 aliphatic carbocycles. The summed E-state index contributed by atoms with van der Waals surface area (Å²) in [4.78, 5) is 25.7. The zero-order valence-electron chi connectivity index (χ0n) is 17.6. The van der Waals surface area contributed by atoms with Crippen LogP contribution in [-0.2, 0) is 5.41 Å². The second-order valence-corrected chi connectivity index (χ2v) is 8.35. The van der Waals surface area contributed by atoms with Crippen LogP contribution in [0.5, 0.6) is 5.75 Å². The Morgan fingerprint density at radius 3 is 2.45 bits per heavy atom. The first-order valence-corrected chi connectivity index (χ1v) is 10.7. The maximum Gasteiger partial charge on any atom is 0.254 e. The molecule has 1 atom stereocenters. The molecule has 7 nitrogen and oxygen atoms in total. The van der Waals surface area contributed by atoms with Crippen LogP contribution < -0.4 is 15.4 Å². The Morgan fingerprint density at radius 2 is 1.81 bits per heavy atom. The van der Waals surface area contributed by atoms with Gasteiger partial charge in [0.05, 0.1) is 23.7 Å². The van der Waals surface area contributed by atoms with Gasteiger partial charge in [0, 0.05) is 24.2 Å². The zero-order chi connectivity index (χ0) is 22.0. The van der Waals surface area contributed by atoms with E-state index in [0.29, 0.717) is 42.6 Å². The summed E-state index contributed by atoms with van der Waals surface area (Å²) in [6, 6.07) is 12.8. The van der Waals surface area contributed by atoms with Crippen LogP contribution in [0.2, 0.25) is 0 Å². The molecule has 164 valence electrons. The summed E-state index contributed by atoms with van der Waals surface area (Å²) in [7, 11) is 1.53. The van der Waals surface area contributed by atoms with E-state index in [4.69, 9.17) is 4.74 Å². The number of aliphatic hydroxyl groups excluding tert-OH is 2. The first-order chi connectivity index (χ1) is 15.0. The van der Waals surface area contributed by atoms with Crippen molar-refractivity contribution in [1.29, 1.82) is 0 Å². The topological polar surface area (TPSA) is 108 Å². The fourth-order valence-electron chi connectivity index (χ4n) is 4.55. The van der Waals surface area contributed by atoms with E-state index in [0.717, 1.165) is 5.56 Å². The van der Waals surface area contributed by atoms with Crippen LogP contribution in [0, 0.1) is 0 Å². The van der Waals surface area contributed by atoms with Crippen molar-refractivity contribution in [3.63, 3.8) is 0 Å². The lowest BCUT2D eigenvalue weighted by atomic mass is 9.76. The van der Waals surface area contributed by atoms with Crippen LogP contribution in [-0.4, -0.2) is 54.4 Å². The number of fused-ring (bicyclic) bond motifs is 1. The molecule has 2 aromatic rings. The molecule has 0 unspecified atom stereocenters. The molecule has 0 aromatic heterocycles. The first-order valence-electron chi connectivity index (χ1n) is 10.7. The Hall–Kier alpha value is -2.90. The van der Waals surface area contributed by atoms with Gasteiger partial charge in [-0.05, 0) is 43.4 Å². The van der Waals surface area contributed by atoms with Crippen LogP contribution in [0.1, 0.15) is 57.5 Å². The lowest BCUT2D eigenvalue weighted by Crippen LogP contribution is -2.39. The van der Waals surface area contributed by atoms with Gasteiger partial charge in [0.15, 0.2) is 0 Å². The number of hydrogen-bond acceptors (Lipinski definition) is 5. The molecule has 0 radical (unpaired) electrons. The van der Waals surface area contributed by atoms with Crippen molar-refractivity contribution in [2.24, 2.45) is 0 Å². The molecule has 1 heterocycles. The maximum absolute atomic E-state index is 13.1. The van der Waals surface area contributed by atoms with Crippen molar-refractivity contribution < 1.29 is 24.5 Å². The fraction of sp³-hybridized carbons (Fsp3) is 0.417. The third-order valence-electron chi connectivity index (χ3n) is 6.43. The number of ether oxygens (including phenoxy) is 1. The largest absolute Gasteiger partial charge is 0.491 e. The van der Waals surface area contributed by atoms with Gasteiger partial charge < -0.3 is 25.6 Å². The summed E-state index contributed by atoms with van der Waals surface area (Å²) >= 11 is 0. The van der Waals surface area contributed by atoms with E-state index in [1.807, 2.05) is 30.3 Å². The van der Waals surface area contributed by atoms with Gasteiger partial charge in [0.2, 0.25) is 0 Å². The van der Waals surface area contributed by atoms with Crippen molar-refractivity contribution in [3.8, 4) is 5.75 Å². The number of nitrogens with one attached hydrogen (secondary N) is 2. The minimum atomic E-state index is -0.857. The van der Waals surface area contributed by atoms with Crippen molar-refractivity contribution in [3.05, 3.63) is 64.7 Å². The van der Waals surface area contributed by atoms with Crippen LogP contribution in [0.25, 0.3) is 0 Å². The van der Waals surface area contributed by atoms with Gasteiger partial charge in [-0.1, -0.05) is 30.3 Å². The number of aliphatic hydroxyl groups is 2. The highest BCUT2D eigenvalue weighted by molar-refractivity contribution is 6.02. The number of rotatable bonds is 5. The summed E-state index contributed by atoms with van der Waals surface area (Å²) < 4.78 is 5.93. The van der Waals surface area contributed by atoms with Crippen LogP contribution in [0.15, 0.2) is 42.5 Å². The summed E-state index contributed by atoms with van der Waals surface area (Å²) in [6.45, 7) is -0.0405. The quantitative estimate of drug-likeness (QED) is 0.585. The number of benzene rings is 2. The predicted octanol–water partition coefficient (Wildman–Crippen LogP) is 1.75. The van der Waals surface area contributed by atoms with Crippen LogP contribution in [0.3, 0.4) is 0 Å². The molecule has 1 aliphatic heterocycles. The monoisotopic (exact) mass is 424 g/mol. The van der Waals surface area contributed by atoms with Gasteiger partial charge in [-0.25, -0.2) is 0 Å². The SMILES string of the molecule is CNC(=O)c1cc(C(=O)NC2CCC(O)CC2)cc2c1OC[C@@]2(CO)c1ccccc1. The average Bonchev–Trinajstić information content (AvgIpc) is 3.19. The molecule has 0 bridgehead atoms. The smallest absolute Gasteiger partial charge is 0.254 e. The summed E-state index contributed by atoms with van der Waals surface area (Å²) in [5, 5.41) is 25.8. The van der Waals surface area contributed by atoms with E-state index in [1.165, 1.54) is 7.05 Å². The Morgan fingerprint density at radius 1 is 1.10 bits per heavy atom. The van der Waals surface area contributed by atoms with Crippen LogP contribution in [0.4, 0.5) is 0 Å². The van der Waals surface area contributed by atoms with E-state index in [1.54, 1.807) is 12.1 Å². The van der Waals surface area contributed by atoms with Gasteiger partial charge in [-0.15, -0.1) is 0 Å². The third-order valence-corrected chi connectivity index (χ3v) is 6.43. The van der Waals surface area contributed by atoms with Crippen molar-refractivity contribution in [1.82, 2.24) is 10.6 Å². The van der Waals surface area contributed by atoms with E-state index >= 15 is 0 Å². The second-order valence-electron chi connectivity index (χ2n) is 8.35. The van der Waals surface area contributed by atoms with Crippen molar-refractivity contribution in [2.75, 3.05) is 20.3 Å². The number of carbonyl (C=O) groups excluding carboxylic acids is 2. The van der Waals surface area contributed by atoms with Gasteiger partial charge in [0.25, 0.3) is 11.8 Å². The second kappa shape index (κ2) is 8.69. The fourth-order valence-corrected chi connectivity index (χ4v) is 4.55. The predicted molar refractivity (Wildman–Crippen MR) is 115 cm³/mol. The Balaban J connectivity index is 1.75. The van der Waals surface area contributed by atoms with Crippen molar-refractivity contribution >= 4 is 11.8 Å². The van der Waals surface area contributed by atoms with Crippen molar-refractivity contribution in [2.45, 2.75) is 43.2 Å². The maximum atomic E-state index is 13.1. The standard InChI is InChI=1S/C24H28N2O5/c1-25-23(30)19-11-15(22(29)26-17-7-9-18(28)10-8-17)12-20-21(19)31-14-24(20,13-27)16-5-3-2-4-6-16/h2-6,11-12,17-18,27-28H,7-10,13-14H2,1H3,(H,25,30)(H,26,29)/t17?,18?,24-/m0/s1. The Kier molecular flexibility index (Phi) is 5.98. The van der Waals surface area contributed by atoms with E-state index in [2.05, 4.69) is 10.6 Å². The molecule has 2 aromatic carbocycles. The van der Waals surface area contributed by atoms with Crippen LogP contribution >= 0.6 is 0 Å². The van der Waals surface area contributed by atoms with Gasteiger partial charge in [0.1, 0.15) is 12.4 Å². The number of hydrogen-bond donors (Lipinski definition) is 4. The molecule has 1 fully saturated rings. The highest BCUT2D eigenvalue weighted by atomic mass is 16.5. The molecule has 7 heteroatoms. The number of amides is 2. The highest BCUT2D eigenvalue weighted by Gasteiger charge is 2.44. The molecule has 31 heavy (non-hydrogen) atoms. The van der Waals surface area contributed by atoms with E-state index < -0.39 is 5.41 Å². The lowest BCUT2D eigenvalue weighted by Gasteiger charge is -2.27. The molecule has 2 aliphatic rings. The minimum Gasteiger partial charge on any atom is -0.491 e. The number of carbonyl (C=O) groups is 2. The first kappa shape index (κ1) is 21.3. The normalized spacial score (nSPS) is 24.7. The third kappa shape index (κ3) is 3.91. The molecule has 2 amide bonds. The molecular weight excluding hydrogens is 396 g/mol. The summed E-state index contributed by atoms with van der Waals surface area (Å²) in [6.07, 6.45) is 2.45. The summed E-state index contributed by atoms with van der Waals surface area (Å²) in [5.74, 6) is -0.232. The molecule has 0 spiro atoms. The Labute approximate surface area is 181 Å². The minimum absolute atomic E-state index is 0.0134. The molecule has 4 N–H and O–H groups in total.